The Labute approximate surface area is 142 Å². The zero-order valence-corrected chi connectivity index (χ0v) is 14.1. The van der Waals surface area contributed by atoms with E-state index in [1.807, 2.05) is 24.6 Å². The predicted molar refractivity (Wildman–Crippen MR) is 89.8 cm³/mol. The van der Waals surface area contributed by atoms with Gasteiger partial charge in [-0.1, -0.05) is 23.4 Å². The topological polar surface area (TPSA) is 60.9 Å². The van der Waals surface area contributed by atoms with Crippen LogP contribution in [-0.4, -0.2) is 25.8 Å². The smallest absolute Gasteiger partial charge is 0.200 e. The van der Waals surface area contributed by atoms with Crippen molar-refractivity contribution in [1.29, 1.82) is 0 Å². The summed E-state index contributed by atoms with van der Waals surface area (Å²) in [6.07, 6.45) is 1.59. The minimum atomic E-state index is -0.288. The van der Waals surface area contributed by atoms with Crippen molar-refractivity contribution in [3.05, 3.63) is 53.2 Å². The molecule has 0 N–H and O–H groups in total. The second-order valence-electron chi connectivity index (χ2n) is 4.97. The summed E-state index contributed by atoms with van der Waals surface area (Å²) >= 11 is 7.21. The Morgan fingerprint density at radius 2 is 2.00 bits per heavy atom. The maximum absolute atomic E-state index is 12.5. The minimum Gasteiger partial charge on any atom is -0.461 e. The first-order valence-corrected chi connectivity index (χ1v) is 8.21. The SMILES string of the molecule is C[C@@H](Sc1nnc(-c2ccco2)n1C)C(=O)c1ccc(Cl)cc1. The van der Waals surface area contributed by atoms with E-state index < -0.39 is 0 Å². The third kappa shape index (κ3) is 3.33. The van der Waals surface area contributed by atoms with Gasteiger partial charge in [0.05, 0.1) is 11.5 Å². The van der Waals surface area contributed by atoms with Crippen LogP contribution in [0, 0.1) is 0 Å². The van der Waals surface area contributed by atoms with Crippen LogP contribution in [0.15, 0.2) is 52.2 Å². The van der Waals surface area contributed by atoms with E-state index in [1.54, 1.807) is 36.6 Å². The largest absolute Gasteiger partial charge is 0.461 e. The molecule has 3 aromatic rings. The van der Waals surface area contributed by atoms with Crippen molar-refractivity contribution < 1.29 is 9.21 Å². The van der Waals surface area contributed by atoms with E-state index in [-0.39, 0.29) is 11.0 Å². The molecule has 1 atom stereocenters. The fourth-order valence-electron chi connectivity index (χ4n) is 2.10. The third-order valence-electron chi connectivity index (χ3n) is 3.36. The highest BCUT2D eigenvalue weighted by Crippen LogP contribution is 2.27. The summed E-state index contributed by atoms with van der Waals surface area (Å²) in [7, 11) is 1.85. The van der Waals surface area contributed by atoms with Crippen molar-refractivity contribution in [2.45, 2.75) is 17.3 Å². The standard InChI is InChI=1S/C16H14ClN3O2S/c1-10(14(21)11-5-7-12(17)8-6-11)23-16-19-18-15(20(16)2)13-4-3-9-22-13/h3-10H,1-2H3/t10-/m1/s1. The zero-order valence-electron chi connectivity index (χ0n) is 12.6. The Bertz CT molecular complexity index is 812. The van der Waals surface area contributed by atoms with Gasteiger partial charge in [-0.05, 0) is 43.3 Å². The van der Waals surface area contributed by atoms with Crippen LogP contribution in [-0.2, 0) is 7.05 Å². The first-order valence-electron chi connectivity index (χ1n) is 6.96. The molecule has 0 saturated heterocycles. The molecule has 2 heterocycles. The Balaban J connectivity index is 1.77. The lowest BCUT2D eigenvalue weighted by molar-refractivity contribution is 0.0994. The molecule has 2 aromatic heterocycles. The van der Waals surface area contributed by atoms with Crippen LogP contribution in [0.5, 0.6) is 0 Å². The van der Waals surface area contributed by atoms with E-state index >= 15 is 0 Å². The fourth-order valence-corrected chi connectivity index (χ4v) is 3.12. The molecule has 0 aliphatic carbocycles. The zero-order chi connectivity index (χ0) is 16.4. The molecule has 0 saturated carbocycles. The molecular weight excluding hydrogens is 334 g/mol. The molecular formula is C16H14ClN3O2S. The molecule has 3 rings (SSSR count). The van der Waals surface area contributed by atoms with E-state index in [1.165, 1.54) is 11.8 Å². The molecule has 0 aliphatic heterocycles. The highest BCUT2D eigenvalue weighted by Gasteiger charge is 2.21. The second kappa shape index (κ2) is 6.60. The molecule has 0 radical (unpaired) electrons. The molecule has 0 bridgehead atoms. The number of hydrogen-bond donors (Lipinski definition) is 0. The number of carbonyl (C=O) groups excluding carboxylic acids is 1. The molecule has 0 spiro atoms. The summed E-state index contributed by atoms with van der Waals surface area (Å²) in [5, 5.41) is 9.25. The van der Waals surface area contributed by atoms with Crippen LogP contribution in [0.2, 0.25) is 5.02 Å². The van der Waals surface area contributed by atoms with Gasteiger partial charge in [-0.25, -0.2) is 0 Å². The van der Waals surface area contributed by atoms with E-state index in [9.17, 15) is 4.79 Å². The van der Waals surface area contributed by atoms with Crippen LogP contribution in [0.3, 0.4) is 0 Å². The van der Waals surface area contributed by atoms with E-state index in [4.69, 9.17) is 16.0 Å². The lowest BCUT2D eigenvalue weighted by atomic mass is 10.1. The Hall–Kier alpha value is -2.05. The highest BCUT2D eigenvalue weighted by molar-refractivity contribution is 8.00. The van der Waals surface area contributed by atoms with Crippen LogP contribution >= 0.6 is 23.4 Å². The van der Waals surface area contributed by atoms with Gasteiger partial charge in [-0.3, -0.25) is 4.79 Å². The number of furan rings is 1. The van der Waals surface area contributed by atoms with E-state index in [2.05, 4.69) is 10.2 Å². The molecule has 1 aromatic carbocycles. The van der Waals surface area contributed by atoms with Crippen molar-refractivity contribution in [2.75, 3.05) is 0 Å². The summed E-state index contributed by atoms with van der Waals surface area (Å²) in [5.41, 5.74) is 0.628. The van der Waals surface area contributed by atoms with E-state index in [0.717, 1.165) is 0 Å². The minimum absolute atomic E-state index is 0.0224. The number of Topliss-reactive ketones (excluding diaryl/α,β-unsaturated/α-hetero) is 1. The summed E-state index contributed by atoms with van der Waals surface area (Å²) in [4.78, 5) is 12.5. The summed E-state index contributed by atoms with van der Waals surface area (Å²) < 4.78 is 7.15. The number of ketones is 1. The van der Waals surface area contributed by atoms with Gasteiger partial charge < -0.3 is 8.98 Å². The number of hydrogen-bond acceptors (Lipinski definition) is 5. The maximum atomic E-state index is 12.5. The number of halogens is 1. The molecule has 23 heavy (non-hydrogen) atoms. The third-order valence-corrected chi connectivity index (χ3v) is 4.74. The molecule has 0 fully saturated rings. The Kier molecular flexibility index (Phi) is 4.54. The number of nitrogens with zero attached hydrogens (tertiary/aromatic N) is 3. The lowest BCUT2D eigenvalue weighted by Crippen LogP contribution is -2.14. The Morgan fingerprint density at radius 1 is 1.26 bits per heavy atom. The van der Waals surface area contributed by atoms with Crippen LogP contribution < -0.4 is 0 Å². The Morgan fingerprint density at radius 3 is 2.65 bits per heavy atom. The lowest BCUT2D eigenvalue weighted by Gasteiger charge is -2.10. The van der Waals surface area contributed by atoms with Gasteiger partial charge in [0.2, 0.25) is 0 Å². The highest BCUT2D eigenvalue weighted by atomic mass is 35.5. The average molecular weight is 348 g/mol. The molecule has 0 unspecified atom stereocenters. The molecule has 7 heteroatoms. The van der Waals surface area contributed by atoms with Crippen molar-refractivity contribution in [3.8, 4) is 11.6 Å². The van der Waals surface area contributed by atoms with Crippen molar-refractivity contribution in [3.63, 3.8) is 0 Å². The molecule has 0 amide bonds. The second-order valence-corrected chi connectivity index (χ2v) is 6.72. The van der Waals surface area contributed by atoms with Gasteiger partial charge >= 0.3 is 0 Å². The number of thioether (sulfide) groups is 1. The number of aromatic nitrogens is 3. The summed E-state index contributed by atoms with van der Waals surface area (Å²) in [6.45, 7) is 1.85. The summed E-state index contributed by atoms with van der Waals surface area (Å²) in [5.74, 6) is 1.29. The maximum Gasteiger partial charge on any atom is 0.200 e. The van der Waals surface area contributed by atoms with Crippen LogP contribution in [0.1, 0.15) is 17.3 Å². The van der Waals surface area contributed by atoms with Crippen molar-refractivity contribution in [1.82, 2.24) is 14.8 Å². The predicted octanol–water partition coefficient (Wildman–Crippen LogP) is 4.09. The molecule has 5 nitrogen and oxygen atoms in total. The quantitative estimate of drug-likeness (QED) is 0.514. The molecule has 0 aliphatic rings. The van der Waals surface area contributed by atoms with Gasteiger partial charge in [0.25, 0.3) is 0 Å². The number of carbonyl (C=O) groups is 1. The fraction of sp³-hybridized carbons (Fsp3) is 0.188. The van der Waals surface area contributed by atoms with Gasteiger partial charge in [0, 0.05) is 17.6 Å². The van der Waals surface area contributed by atoms with Crippen molar-refractivity contribution >= 4 is 29.1 Å². The van der Waals surface area contributed by atoms with E-state index in [0.29, 0.717) is 27.3 Å². The van der Waals surface area contributed by atoms with Crippen molar-refractivity contribution in [2.24, 2.45) is 7.05 Å². The van der Waals surface area contributed by atoms with Gasteiger partial charge in [-0.15, -0.1) is 10.2 Å². The normalized spacial score (nSPS) is 12.3. The molecule has 118 valence electrons. The number of benzene rings is 1. The van der Waals surface area contributed by atoms with Crippen LogP contribution in [0.25, 0.3) is 11.6 Å². The first-order chi connectivity index (χ1) is 11.1. The monoisotopic (exact) mass is 347 g/mol. The number of rotatable bonds is 5. The van der Waals surface area contributed by atoms with Gasteiger partial charge in [0.15, 0.2) is 22.5 Å². The van der Waals surface area contributed by atoms with Gasteiger partial charge in [-0.2, -0.15) is 0 Å². The first kappa shape index (κ1) is 15.8. The van der Waals surface area contributed by atoms with Gasteiger partial charge in [0.1, 0.15) is 0 Å². The summed E-state index contributed by atoms with van der Waals surface area (Å²) in [6, 6.07) is 10.5. The van der Waals surface area contributed by atoms with Crippen LogP contribution in [0.4, 0.5) is 0 Å². The average Bonchev–Trinajstić information content (AvgIpc) is 3.18.